The van der Waals surface area contributed by atoms with E-state index in [1.54, 1.807) is 42.5 Å². The van der Waals surface area contributed by atoms with Crippen LogP contribution < -0.4 is 16.4 Å². The van der Waals surface area contributed by atoms with E-state index in [0.717, 1.165) is 0 Å². The number of hydrogen-bond acceptors (Lipinski definition) is 6. The number of ketones is 1. The van der Waals surface area contributed by atoms with Gasteiger partial charge in [-0.25, -0.2) is 14.4 Å². The number of nitrogens with one attached hydrogen (secondary N) is 2. The third-order valence-electron chi connectivity index (χ3n) is 3.54. The van der Waals surface area contributed by atoms with E-state index in [-0.39, 0.29) is 23.0 Å². The summed E-state index contributed by atoms with van der Waals surface area (Å²) in [6, 6.07) is 13.2. The zero-order valence-corrected chi connectivity index (χ0v) is 13.5. The predicted molar refractivity (Wildman–Crippen MR) is 95.9 cm³/mol. The lowest BCUT2D eigenvalue weighted by Crippen LogP contribution is -2.06. The molecule has 0 aliphatic rings. The van der Waals surface area contributed by atoms with Crippen molar-refractivity contribution in [2.45, 2.75) is 6.92 Å². The summed E-state index contributed by atoms with van der Waals surface area (Å²) in [5, 5.41) is 5.90. The van der Waals surface area contributed by atoms with Crippen LogP contribution in [0, 0.1) is 5.82 Å². The summed E-state index contributed by atoms with van der Waals surface area (Å²) in [6.45, 7) is 1.49. The van der Waals surface area contributed by atoms with Crippen molar-refractivity contribution in [3.63, 3.8) is 0 Å². The average Bonchev–Trinajstić information content (AvgIpc) is 2.60. The highest BCUT2D eigenvalue weighted by atomic mass is 19.1. The van der Waals surface area contributed by atoms with Crippen LogP contribution in [0.25, 0.3) is 0 Å². The van der Waals surface area contributed by atoms with Crippen LogP contribution in [0.5, 0.6) is 0 Å². The Hall–Kier alpha value is -3.48. The first kappa shape index (κ1) is 16.4. The molecule has 0 radical (unpaired) electrons. The van der Waals surface area contributed by atoms with Crippen molar-refractivity contribution in [3.8, 4) is 0 Å². The summed E-state index contributed by atoms with van der Waals surface area (Å²) in [6.07, 6.45) is 1.32. The first-order chi connectivity index (χ1) is 12.0. The Balaban J connectivity index is 1.88. The van der Waals surface area contributed by atoms with Crippen molar-refractivity contribution < 1.29 is 9.18 Å². The maximum Gasteiger partial charge on any atom is 0.159 e. The second-order valence-electron chi connectivity index (χ2n) is 5.35. The fourth-order valence-corrected chi connectivity index (χ4v) is 2.24. The molecule has 0 fully saturated rings. The molecule has 6 nitrogen and oxygen atoms in total. The molecular formula is C18H16FN5O. The molecule has 0 spiro atoms. The van der Waals surface area contributed by atoms with Crippen LogP contribution in [-0.2, 0) is 0 Å². The number of benzene rings is 2. The van der Waals surface area contributed by atoms with Crippen molar-refractivity contribution >= 4 is 34.5 Å². The first-order valence-electron chi connectivity index (χ1n) is 7.54. The van der Waals surface area contributed by atoms with Gasteiger partial charge < -0.3 is 16.4 Å². The molecule has 1 aromatic heterocycles. The van der Waals surface area contributed by atoms with Gasteiger partial charge in [0.2, 0.25) is 0 Å². The highest BCUT2D eigenvalue weighted by Gasteiger charge is 2.11. The van der Waals surface area contributed by atoms with Crippen molar-refractivity contribution in [3.05, 3.63) is 66.2 Å². The lowest BCUT2D eigenvalue weighted by molar-refractivity contribution is 0.101. The smallest absolute Gasteiger partial charge is 0.159 e. The fraction of sp³-hybridized carbons (Fsp3) is 0.0556. The van der Waals surface area contributed by atoms with Crippen LogP contribution in [0.3, 0.4) is 0 Å². The number of nitrogens with two attached hydrogens (primary N) is 1. The number of carbonyl (C=O) groups is 1. The zero-order chi connectivity index (χ0) is 17.8. The SMILES string of the molecule is CC(=O)c1cccc(Nc2ncnc(Nc3ccccc3F)c2N)c1. The number of halogens is 1. The molecule has 3 rings (SSSR count). The number of aromatic nitrogens is 2. The van der Waals surface area contributed by atoms with E-state index in [9.17, 15) is 9.18 Å². The van der Waals surface area contributed by atoms with Crippen LogP contribution in [0.15, 0.2) is 54.9 Å². The summed E-state index contributed by atoms with van der Waals surface area (Å²) in [4.78, 5) is 19.6. The third kappa shape index (κ3) is 3.72. The van der Waals surface area contributed by atoms with Gasteiger partial charge in [-0.3, -0.25) is 4.79 Å². The van der Waals surface area contributed by atoms with E-state index in [1.807, 2.05) is 0 Å². The highest BCUT2D eigenvalue weighted by molar-refractivity contribution is 5.95. The van der Waals surface area contributed by atoms with Crippen LogP contribution in [-0.4, -0.2) is 15.8 Å². The number of nitrogen functional groups attached to an aromatic ring is 1. The molecule has 0 saturated carbocycles. The van der Waals surface area contributed by atoms with E-state index in [2.05, 4.69) is 20.6 Å². The van der Waals surface area contributed by atoms with Crippen molar-refractivity contribution in [2.75, 3.05) is 16.4 Å². The van der Waals surface area contributed by atoms with Crippen molar-refractivity contribution in [2.24, 2.45) is 0 Å². The molecular weight excluding hydrogens is 321 g/mol. The Morgan fingerprint density at radius 2 is 1.76 bits per heavy atom. The van der Waals surface area contributed by atoms with Gasteiger partial charge in [-0.2, -0.15) is 0 Å². The fourth-order valence-electron chi connectivity index (χ4n) is 2.24. The molecule has 1 heterocycles. The second kappa shape index (κ2) is 6.96. The molecule has 2 aromatic carbocycles. The standard InChI is InChI=1S/C18H16FN5O/c1-11(25)12-5-4-6-13(9-12)23-17-16(20)18(22-10-21-17)24-15-8-3-2-7-14(15)19/h2-10H,20H2,1H3,(H2,21,22,23,24). The molecule has 7 heteroatoms. The molecule has 126 valence electrons. The number of anilines is 5. The largest absolute Gasteiger partial charge is 0.393 e. The summed E-state index contributed by atoms with van der Waals surface area (Å²) in [5.74, 6) is 0.185. The van der Waals surface area contributed by atoms with Gasteiger partial charge >= 0.3 is 0 Å². The van der Waals surface area contributed by atoms with Gasteiger partial charge in [-0.05, 0) is 31.2 Å². The number of rotatable bonds is 5. The van der Waals surface area contributed by atoms with E-state index in [4.69, 9.17) is 5.73 Å². The number of nitrogens with zero attached hydrogens (tertiary/aromatic N) is 2. The first-order valence-corrected chi connectivity index (χ1v) is 7.54. The molecule has 3 aromatic rings. The van der Waals surface area contributed by atoms with Crippen LogP contribution in [0.4, 0.5) is 33.1 Å². The topological polar surface area (TPSA) is 92.9 Å². The van der Waals surface area contributed by atoms with E-state index >= 15 is 0 Å². The number of para-hydroxylation sites is 1. The Bertz CT molecular complexity index is 929. The van der Waals surface area contributed by atoms with Crippen LogP contribution >= 0.6 is 0 Å². The van der Waals surface area contributed by atoms with Gasteiger partial charge in [0.1, 0.15) is 17.8 Å². The molecule has 25 heavy (non-hydrogen) atoms. The molecule has 0 aliphatic carbocycles. The lowest BCUT2D eigenvalue weighted by Gasteiger charge is -2.13. The monoisotopic (exact) mass is 337 g/mol. The lowest BCUT2D eigenvalue weighted by atomic mass is 10.1. The third-order valence-corrected chi connectivity index (χ3v) is 3.54. The van der Waals surface area contributed by atoms with Gasteiger partial charge in [0.15, 0.2) is 17.4 Å². The minimum Gasteiger partial charge on any atom is -0.393 e. The number of Topliss-reactive ketones (excluding diaryl/α,β-unsaturated/α-hetero) is 1. The number of hydrogen-bond donors (Lipinski definition) is 3. The van der Waals surface area contributed by atoms with E-state index < -0.39 is 5.82 Å². The van der Waals surface area contributed by atoms with Gasteiger partial charge in [0, 0.05) is 11.3 Å². The van der Waals surface area contributed by atoms with Gasteiger partial charge in [0.25, 0.3) is 0 Å². The summed E-state index contributed by atoms with van der Waals surface area (Å²) >= 11 is 0. The van der Waals surface area contributed by atoms with Crippen LogP contribution in [0.2, 0.25) is 0 Å². The van der Waals surface area contributed by atoms with Gasteiger partial charge in [-0.1, -0.05) is 24.3 Å². The Morgan fingerprint density at radius 3 is 2.48 bits per heavy atom. The van der Waals surface area contributed by atoms with E-state index in [0.29, 0.717) is 17.1 Å². The maximum atomic E-state index is 13.8. The zero-order valence-electron chi connectivity index (χ0n) is 13.5. The molecule has 4 N–H and O–H groups in total. The molecule has 0 bridgehead atoms. The van der Waals surface area contributed by atoms with Gasteiger partial charge in [-0.15, -0.1) is 0 Å². The summed E-state index contributed by atoms with van der Waals surface area (Å²) in [7, 11) is 0. The maximum absolute atomic E-state index is 13.8. The minimum absolute atomic E-state index is 0.0405. The van der Waals surface area contributed by atoms with Gasteiger partial charge in [0.05, 0.1) is 5.69 Å². The summed E-state index contributed by atoms with van der Waals surface area (Å²) in [5.41, 5.74) is 7.82. The molecule has 0 unspecified atom stereocenters. The predicted octanol–water partition coefficient (Wildman–Crippen LogP) is 3.89. The number of carbonyl (C=O) groups excluding carboxylic acids is 1. The second-order valence-corrected chi connectivity index (χ2v) is 5.35. The quantitative estimate of drug-likeness (QED) is 0.612. The Morgan fingerprint density at radius 1 is 1.04 bits per heavy atom. The highest BCUT2D eigenvalue weighted by Crippen LogP contribution is 2.29. The average molecular weight is 337 g/mol. The molecule has 0 saturated heterocycles. The normalized spacial score (nSPS) is 10.3. The minimum atomic E-state index is -0.413. The van der Waals surface area contributed by atoms with Crippen LogP contribution in [0.1, 0.15) is 17.3 Å². The Kier molecular flexibility index (Phi) is 4.56. The van der Waals surface area contributed by atoms with Crippen molar-refractivity contribution in [1.82, 2.24) is 9.97 Å². The van der Waals surface area contributed by atoms with Crippen molar-refractivity contribution in [1.29, 1.82) is 0 Å². The Labute approximate surface area is 143 Å². The molecule has 0 amide bonds. The molecule has 0 aliphatic heterocycles. The molecule has 0 atom stereocenters. The summed E-state index contributed by atoms with van der Waals surface area (Å²) < 4.78 is 13.8. The van der Waals surface area contributed by atoms with E-state index in [1.165, 1.54) is 19.3 Å².